The fraction of sp³-hybridized carbons (Fsp3) is 0.450. The normalized spacial score (nSPS) is 15.9. The van der Waals surface area contributed by atoms with Crippen LogP contribution in [0.25, 0.3) is 5.69 Å². The van der Waals surface area contributed by atoms with Crippen molar-refractivity contribution in [3.63, 3.8) is 0 Å². The highest BCUT2D eigenvalue weighted by atomic mass is 32.2. The number of piperidine rings is 1. The van der Waals surface area contributed by atoms with Crippen LogP contribution in [0.4, 0.5) is 0 Å². The molecule has 0 spiro atoms. The zero-order valence-electron chi connectivity index (χ0n) is 15.6. The van der Waals surface area contributed by atoms with E-state index in [0.29, 0.717) is 0 Å². The summed E-state index contributed by atoms with van der Waals surface area (Å²) in [5.41, 5.74) is 1.01. The number of aromatic nitrogens is 3. The van der Waals surface area contributed by atoms with Gasteiger partial charge in [0.2, 0.25) is 5.91 Å². The standard InChI is InChI=1S/C20H25N5OS/c1-3-12-21-18(26)15-27-20-23-22-19(16(2)24-13-8-5-9-14-24)25(20)17-10-6-4-7-11-17/h1,4,6-7,10-11,16H,5,8-9,12-15H2,2H3,(H,21,26)/t16-/m0/s1. The largest absolute Gasteiger partial charge is 0.344 e. The van der Waals surface area contributed by atoms with Crippen molar-refractivity contribution in [1.29, 1.82) is 0 Å². The number of carbonyl (C=O) groups is 1. The van der Waals surface area contributed by atoms with Crippen LogP contribution in [0.1, 0.15) is 38.1 Å². The molecule has 142 valence electrons. The van der Waals surface area contributed by atoms with Crippen LogP contribution in [0.3, 0.4) is 0 Å². The SMILES string of the molecule is C#CCNC(=O)CSc1nnc([C@H](C)N2CCCCC2)n1-c1ccccc1. The summed E-state index contributed by atoms with van der Waals surface area (Å²) in [6.07, 6.45) is 8.93. The minimum Gasteiger partial charge on any atom is -0.344 e. The van der Waals surface area contributed by atoms with Crippen LogP contribution in [-0.2, 0) is 4.79 Å². The van der Waals surface area contributed by atoms with Crippen molar-refractivity contribution in [3.8, 4) is 18.0 Å². The monoisotopic (exact) mass is 383 g/mol. The molecule has 1 saturated heterocycles. The van der Waals surface area contributed by atoms with E-state index in [1.54, 1.807) is 0 Å². The van der Waals surface area contributed by atoms with Gasteiger partial charge in [0.15, 0.2) is 11.0 Å². The van der Waals surface area contributed by atoms with E-state index in [9.17, 15) is 4.79 Å². The number of rotatable bonds is 7. The topological polar surface area (TPSA) is 63.1 Å². The molecule has 7 heteroatoms. The van der Waals surface area contributed by atoms with Crippen LogP contribution in [0.5, 0.6) is 0 Å². The lowest BCUT2D eigenvalue weighted by Crippen LogP contribution is -2.33. The minimum atomic E-state index is -0.105. The molecule has 1 fully saturated rings. The van der Waals surface area contributed by atoms with Crippen LogP contribution in [0, 0.1) is 12.3 Å². The Kier molecular flexibility index (Phi) is 6.91. The summed E-state index contributed by atoms with van der Waals surface area (Å²) in [4.78, 5) is 14.4. The van der Waals surface area contributed by atoms with Crippen molar-refractivity contribution in [2.24, 2.45) is 0 Å². The van der Waals surface area contributed by atoms with Gasteiger partial charge in [-0.05, 0) is 45.0 Å². The summed E-state index contributed by atoms with van der Waals surface area (Å²) >= 11 is 1.38. The molecule has 0 bridgehead atoms. The summed E-state index contributed by atoms with van der Waals surface area (Å²) in [5.74, 6) is 3.47. The third-order valence-electron chi connectivity index (χ3n) is 4.70. The van der Waals surface area contributed by atoms with E-state index in [-0.39, 0.29) is 24.2 Å². The van der Waals surface area contributed by atoms with Crippen LogP contribution >= 0.6 is 11.8 Å². The number of benzene rings is 1. The maximum atomic E-state index is 11.9. The van der Waals surface area contributed by atoms with Gasteiger partial charge in [0, 0.05) is 5.69 Å². The first-order chi connectivity index (χ1) is 13.2. The Labute approximate surface area is 164 Å². The molecule has 0 aliphatic carbocycles. The summed E-state index contributed by atoms with van der Waals surface area (Å²) in [7, 11) is 0. The molecule has 0 radical (unpaired) electrons. The number of thioether (sulfide) groups is 1. The molecule has 1 amide bonds. The van der Waals surface area contributed by atoms with E-state index in [1.165, 1.54) is 31.0 Å². The number of para-hydroxylation sites is 1. The Hall–Kier alpha value is -2.30. The van der Waals surface area contributed by atoms with E-state index in [2.05, 4.69) is 37.8 Å². The average Bonchev–Trinajstić information content (AvgIpc) is 3.15. The minimum absolute atomic E-state index is 0.105. The lowest BCUT2D eigenvalue weighted by atomic mass is 10.1. The highest BCUT2D eigenvalue weighted by molar-refractivity contribution is 7.99. The van der Waals surface area contributed by atoms with Gasteiger partial charge in [0.1, 0.15) is 0 Å². The second-order valence-electron chi connectivity index (χ2n) is 6.55. The number of nitrogens with zero attached hydrogens (tertiary/aromatic N) is 4. The van der Waals surface area contributed by atoms with Crippen LogP contribution in [0.2, 0.25) is 0 Å². The van der Waals surface area contributed by atoms with Crippen molar-refractivity contribution in [2.45, 2.75) is 37.4 Å². The maximum absolute atomic E-state index is 11.9. The number of amides is 1. The van der Waals surface area contributed by atoms with Gasteiger partial charge in [0.05, 0.1) is 18.3 Å². The van der Waals surface area contributed by atoms with Crippen LogP contribution < -0.4 is 5.32 Å². The van der Waals surface area contributed by atoms with Crippen molar-refractivity contribution in [3.05, 3.63) is 36.2 Å². The number of hydrogen-bond donors (Lipinski definition) is 1. The molecule has 1 N–H and O–H groups in total. The molecule has 6 nitrogen and oxygen atoms in total. The predicted octanol–water partition coefficient (Wildman–Crippen LogP) is 2.66. The zero-order chi connectivity index (χ0) is 19.1. The first kappa shape index (κ1) is 19.5. The molecular weight excluding hydrogens is 358 g/mol. The second-order valence-corrected chi connectivity index (χ2v) is 7.50. The molecule has 1 atom stereocenters. The number of carbonyl (C=O) groups excluding carboxylic acids is 1. The molecule has 1 aromatic heterocycles. The van der Waals surface area contributed by atoms with E-state index in [4.69, 9.17) is 6.42 Å². The van der Waals surface area contributed by atoms with E-state index in [1.807, 2.05) is 30.3 Å². The van der Waals surface area contributed by atoms with Crippen LogP contribution in [0.15, 0.2) is 35.5 Å². The number of likely N-dealkylation sites (tertiary alicyclic amines) is 1. The van der Waals surface area contributed by atoms with E-state index < -0.39 is 0 Å². The summed E-state index contributed by atoms with van der Waals surface area (Å²) in [5, 5.41) is 12.3. The van der Waals surface area contributed by atoms with Crippen molar-refractivity contribution in [1.82, 2.24) is 25.0 Å². The van der Waals surface area contributed by atoms with Crippen molar-refractivity contribution < 1.29 is 4.79 Å². The average molecular weight is 384 g/mol. The Balaban J connectivity index is 1.84. The fourth-order valence-electron chi connectivity index (χ4n) is 3.26. The van der Waals surface area contributed by atoms with E-state index >= 15 is 0 Å². The first-order valence-corrected chi connectivity index (χ1v) is 10.3. The first-order valence-electron chi connectivity index (χ1n) is 9.28. The lowest BCUT2D eigenvalue weighted by molar-refractivity contribution is -0.118. The molecule has 2 heterocycles. The summed E-state index contributed by atoms with van der Waals surface area (Å²) in [6, 6.07) is 10.2. The third-order valence-corrected chi connectivity index (χ3v) is 5.63. The molecule has 3 rings (SSSR count). The Bertz CT molecular complexity index is 792. The number of nitrogens with one attached hydrogen (secondary N) is 1. The van der Waals surface area contributed by atoms with Crippen molar-refractivity contribution in [2.75, 3.05) is 25.4 Å². The maximum Gasteiger partial charge on any atom is 0.231 e. The van der Waals surface area contributed by atoms with Gasteiger partial charge in [-0.15, -0.1) is 16.6 Å². The van der Waals surface area contributed by atoms with Gasteiger partial charge in [-0.1, -0.05) is 42.3 Å². The molecule has 0 saturated carbocycles. The van der Waals surface area contributed by atoms with Crippen molar-refractivity contribution >= 4 is 17.7 Å². The molecule has 0 unspecified atom stereocenters. The van der Waals surface area contributed by atoms with Gasteiger partial charge < -0.3 is 5.32 Å². The predicted molar refractivity (Wildman–Crippen MR) is 108 cm³/mol. The number of hydrogen-bond acceptors (Lipinski definition) is 5. The molecule has 1 aliphatic heterocycles. The smallest absolute Gasteiger partial charge is 0.231 e. The molecule has 27 heavy (non-hydrogen) atoms. The van der Waals surface area contributed by atoms with Gasteiger partial charge in [-0.2, -0.15) is 0 Å². The Morgan fingerprint density at radius 2 is 2.00 bits per heavy atom. The highest BCUT2D eigenvalue weighted by Gasteiger charge is 2.25. The van der Waals surface area contributed by atoms with Gasteiger partial charge in [-0.3, -0.25) is 14.3 Å². The van der Waals surface area contributed by atoms with Crippen LogP contribution in [-0.4, -0.2) is 51.0 Å². The second kappa shape index (κ2) is 9.58. The zero-order valence-corrected chi connectivity index (χ0v) is 16.4. The summed E-state index contributed by atoms with van der Waals surface area (Å²) < 4.78 is 2.07. The molecular formula is C20H25N5OS. The van der Waals surface area contributed by atoms with Gasteiger partial charge in [0.25, 0.3) is 0 Å². The van der Waals surface area contributed by atoms with Gasteiger partial charge >= 0.3 is 0 Å². The molecule has 1 aromatic carbocycles. The Morgan fingerprint density at radius 3 is 2.70 bits per heavy atom. The quantitative estimate of drug-likeness (QED) is 0.588. The lowest BCUT2D eigenvalue weighted by Gasteiger charge is -2.31. The van der Waals surface area contributed by atoms with E-state index in [0.717, 1.165) is 29.8 Å². The summed E-state index contributed by atoms with van der Waals surface area (Å²) in [6.45, 7) is 4.59. The highest BCUT2D eigenvalue weighted by Crippen LogP contribution is 2.29. The number of terminal acetylenes is 1. The molecule has 2 aromatic rings. The van der Waals surface area contributed by atoms with Gasteiger partial charge in [-0.25, -0.2) is 0 Å². The molecule has 1 aliphatic rings. The Morgan fingerprint density at radius 1 is 1.26 bits per heavy atom. The third kappa shape index (κ3) is 4.90. The fourth-order valence-corrected chi connectivity index (χ4v) is 4.05.